The van der Waals surface area contributed by atoms with E-state index in [1.165, 1.54) is 24.8 Å². The molecule has 3 atom stereocenters. The lowest BCUT2D eigenvalue weighted by molar-refractivity contribution is 0.225. The van der Waals surface area contributed by atoms with Crippen molar-refractivity contribution in [2.24, 2.45) is 11.8 Å². The zero-order chi connectivity index (χ0) is 13.8. The third-order valence-corrected chi connectivity index (χ3v) is 4.64. The van der Waals surface area contributed by atoms with Gasteiger partial charge in [0.2, 0.25) is 0 Å². The van der Waals surface area contributed by atoms with Gasteiger partial charge in [-0.1, -0.05) is 44.9 Å². The third kappa shape index (κ3) is 3.69. The van der Waals surface area contributed by atoms with Crippen LogP contribution in [0.3, 0.4) is 0 Å². The molecule has 0 heterocycles. The number of thiocarbonyl (C=S) groups is 1. The Balaban J connectivity index is 1.93. The monoisotopic (exact) mass is 276 g/mol. The molecule has 0 aliphatic heterocycles. The molecule has 104 valence electrons. The zero-order valence-electron chi connectivity index (χ0n) is 12.1. The van der Waals surface area contributed by atoms with Crippen LogP contribution in [0.1, 0.15) is 38.7 Å². The van der Waals surface area contributed by atoms with Crippen molar-refractivity contribution in [1.29, 1.82) is 0 Å². The van der Waals surface area contributed by atoms with E-state index >= 15 is 0 Å². The van der Waals surface area contributed by atoms with Gasteiger partial charge in [0.05, 0.1) is 0 Å². The molecule has 1 fully saturated rings. The fraction of sp³-hybridized carbons (Fsp3) is 0.562. The lowest BCUT2D eigenvalue weighted by Crippen LogP contribution is -2.45. The minimum atomic E-state index is 0.507. The van der Waals surface area contributed by atoms with E-state index in [1.807, 2.05) is 12.1 Å². The summed E-state index contributed by atoms with van der Waals surface area (Å²) in [6.07, 6.45) is 3.87. The van der Waals surface area contributed by atoms with Crippen LogP contribution in [-0.2, 0) is 0 Å². The van der Waals surface area contributed by atoms with Crippen LogP contribution in [0.15, 0.2) is 24.3 Å². The van der Waals surface area contributed by atoms with Gasteiger partial charge in [-0.3, -0.25) is 0 Å². The van der Waals surface area contributed by atoms with Crippen molar-refractivity contribution >= 4 is 23.0 Å². The van der Waals surface area contributed by atoms with Crippen LogP contribution in [0.4, 0.5) is 5.69 Å². The van der Waals surface area contributed by atoms with E-state index < -0.39 is 0 Å². The molecular weight excluding hydrogens is 252 g/mol. The first-order valence-corrected chi connectivity index (χ1v) is 7.62. The molecule has 0 bridgehead atoms. The minimum Gasteiger partial charge on any atom is -0.359 e. The van der Waals surface area contributed by atoms with E-state index in [1.54, 1.807) is 0 Å². The van der Waals surface area contributed by atoms with Crippen LogP contribution in [-0.4, -0.2) is 11.2 Å². The van der Waals surface area contributed by atoms with Crippen LogP contribution in [0.2, 0.25) is 0 Å². The molecule has 2 N–H and O–H groups in total. The van der Waals surface area contributed by atoms with Gasteiger partial charge in [-0.05, 0) is 49.0 Å². The number of rotatable bonds is 2. The third-order valence-electron chi connectivity index (χ3n) is 4.42. The largest absolute Gasteiger partial charge is 0.359 e. The number of hydrogen-bond donors (Lipinski definition) is 2. The van der Waals surface area contributed by atoms with Gasteiger partial charge in [-0.2, -0.15) is 0 Å². The van der Waals surface area contributed by atoms with Gasteiger partial charge in [-0.15, -0.1) is 0 Å². The Kier molecular flexibility index (Phi) is 4.81. The highest BCUT2D eigenvalue weighted by atomic mass is 32.1. The highest BCUT2D eigenvalue weighted by Crippen LogP contribution is 2.29. The number of hydrogen-bond acceptors (Lipinski definition) is 1. The molecule has 2 rings (SSSR count). The highest BCUT2D eigenvalue weighted by Gasteiger charge is 2.27. The Labute approximate surface area is 122 Å². The number of benzene rings is 1. The normalized spacial score (nSPS) is 26.8. The topological polar surface area (TPSA) is 24.1 Å². The van der Waals surface area contributed by atoms with Crippen LogP contribution in [0, 0.1) is 18.8 Å². The Morgan fingerprint density at radius 1 is 1.21 bits per heavy atom. The standard InChI is InChI=1S/C16H24N2S/c1-11-8-6-10-15(13(11)3)18-16(19)17-14-9-5-4-7-12(14)2/h4-5,7,9,11,13,15H,6,8,10H2,1-3H3,(H2,17,18,19)/t11-,13+,15+/m0/s1. The number of aryl methyl sites for hydroxylation is 1. The van der Waals surface area contributed by atoms with Gasteiger partial charge >= 0.3 is 0 Å². The highest BCUT2D eigenvalue weighted by molar-refractivity contribution is 7.80. The molecule has 0 amide bonds. The Morgan fingerprint density at radius 3 is 2.68 bits per heavy atom. The van der Waals surface area contributed by atoms with Crippen LogP contribution >= 0.6 is 12.2 Å². The molecule has 1 saturated carbocycles. The van der Waals surface area contributed by atoms with Crippen molar-refractivity contribution in [3.8, 4) is 0 Å². The molecule has 0 saturated heterocycles. The zero-order valence-corrected chi connectivity index (χ0v) is 12.9. The van der Waals surface area contributed by atoms with E-state index in [0.29, 0.717) is 12.0 Å². The molecule has 0 spiro atoms. The predicted octanol–water partition coefficient (Wildman–Crippen LogP) is 4.11. The van der Waals surface area contributed by atoms with Crippen LogP contribution < -0.4 is 10.6 Å². The van der Waals surface area contributed by atoms with E-state index in [0.717, 1.165) is 16.7 Å². The molecule has 1 aliphatic rings. The summed E-state index contributed by atoms with van der Waals surface area (Å²) >= 11 is 5.45. The lowest BCUT2D eigenvalue weighted by atomic mass is 9.78. The smallest absolute Gasteiger partial charge is 0.171 e. The molecular formula is C16H24N2S. The summed E-state index contributed by atoms with van der Waals surface area (Å²) in [6.45, 7) is 6.77. The molecule has 0 aromatic heterocycles. The first-order valence-electron chi connectivity index (χ1n) is 7.21. The van der Waals surface area contributed by atoms with Crippen molar-refractivity contribution in [3.63, 3.8) is 0 Å². The van der Waals surface area contributed by atoms with Gasteiger partial charge in [-0.25, -0.2) is 0 Å². The first-order chi connectivity index (χ1) is 9.08. The van der Waals surface area contributed by atoms with Crippen LogP contribution in [0.5, 0.6) is 0 Å². The Morgan fingerprint density at radius 2 is 1.95 bits per heavy atom. The Hall–Kier alpha value is -1.09. The maximum atomic E-state index is 5.45. The van der Waals surface area contributed by atoms with E-state index in [-0.39, 0.29) is 0 Å². The summed E-state index contributed by atoms with van der Waals surface area (Å²) in [5.41, 5.74) is 2.31. The minimum absolute atomic E-state index is 0.507. The first kappa shape index (κ1) is 14.3. The van der Waals surface area contributed by atoms with E-state index in [9.17, 15) is 0 Å². The van der Waals surface area contributed by atoms with Crippen molar-refractivity contribution in [3.05, 3.63) is 29.8 Å². The van der Waals surface area contributed by atoms with E-state index in [4.69, 9.17) is 12.2 Å². The fourth-order valence-corrected chi connectivity index (χ4v) is 3.09. The maximum Gasteiger partial charge on any atom is 0.171 e. The van der Waals surface area contributed by atoms with Gasteiger partial charge in [0, 0.05) is 11.7 Å². The average molecular weight is 276 g/mol. The summed E-state index contributed by atoms with van der Waals surface area (Å²) in [5.74, 6) is 1.47. The second kappa shape index (κ2) is 6.38. The predicted molar refractivity (Wildman–Crippen MR) is 86.5 cm³/mol. The summed E-state index contributed by atoms with van der Waals surface area (Å²) in [7, 11) is 0. The molecule has 0 radical (unpaired) electrons. The molecule has 1 aromatic rings. The second-order valence-corrected chi connectivity index (χ2v) is 6.20. The van der Waals surface area contributed by atoms with Crippen molar-refractivity contribution in [2.75, 3.05) is 5.32 Å². The van der Waals surface area contributed by atoms with Gasteiger partial charge in [0.15, 0.2) is 5.11 Å². The Bertz CT molecular complexity index is 444. The molecule has 19 heavy (non-hydrogen) atoms. The van der Waals surface area contributed by atoms with Gasteiger partial charge < -0.3 is 10.6 Å². The SMILES string of the molecule is Cc1ccccc1NC(=S)N[C@@H]1CCC[C@H](C)[C@H]1C. The molecule has 3 heteroatoms. The fourth-order valence-electron chi connectivity index (χ4n) is 2.83. The summed E-state index contributed by atoms with van der Waals surface area (Å²) in [6, 6.07) is 8.74. The number of para-hydroxylation sites is 1. The molecule has 1 aromatic carbocycles. The maximum absolute atomic E-state index is 5.45. The second-order valence-electron chi connectivity index (χ2n) is 5.79. The number of nitrogens with one attached hydrogen (secondary N) is 2. The average Bonchev–Trinajstić information content (AvgIpc) is 2.38. The number of anilines is 1. The van der Waals surface area contributed by atoms with Crippen molar-refractivity contribution in [2.45, 2.75) is 46.1 Å². The molecule has 1 aliphatic carbocycles. The quantitative estimate of drug-likeness (QED) is 0.795. The van der Waals surface area contributed by atoms with Crippen LogP contribution in [0.25, 0.3) is 0 Å². The van der Waals surface area contributed by atoms with E-state index in [2.05, 4.69) is 43.5 Å². The van der Waals surface area contributed by atoms with Gasteiger partial charge in [0.1, 0.15) is 0 Å². The van der Waals surface area contributed by atoms with Crippen molar-refractivity contribution < 1.29 is 0 Å². The van der Waals surface area contributed by atoms with Crippen molar-refractivity contribution in [1.82, 2.24) is 5.32 Å². The molecule has 0 unspecified atom stereocenters. The van der Waals surface area contributed by atoms with Gasteiger partial charge in [0.25, 0.3) is 0 Å². The lowest BCUT2D eigenvalue weighted by Gasteiger charge is -2.35. The summed E-state index contributed by atoms with van der Waals surface area (Å²) in [5, 5.41) is 7.56. The summed E-state index contributed by atoms with van der Waals surface area (Å²) < 4.78 is 0. The molecule has 2 nitrogen and oxygen atoms in total. The summed E-state index contributed by atoms with van der Waals surface area (Å²) in [4.78, 5) is 0.